The van der Waals surface area contributed by atoms with Gasteiger partial charge in [0.25, 0.3) is 0 Å². The summed E-state index contributed by atoms with van der Waals surface area (Å²) in [6.07, 6.45) is 4.07. The number of hydrogen-bond acceptors (Lipinski definition) is 5. The maximum Gasteiger partial charge on any atom is 0.147 e. The Morgan fingerprint density at radius 3 is 2.89 bits per heavy atom. The van der Waals surface area contributed by atoms with Crippen LogP contribution >= 0.6 is 11.3 Å². The molecule has 0 bridgehead atoms. The van der Waals surface area contributed by atoms with Crippen LogP contribution in [0, 0.1) is 6.92 Å². The molecule has 2 aromatic heterocycles. The second kappa shape index (κ2) is 5.43. The topological polar surface area (TPSA) is 41.0 Å². The van der Waals surface area contributed by atoms with Gasteiger partial charge in [-0.05, 0) is 37.3 Å². The molecule has 0 saturated carbocycles. The fraction of sp³-hybridized carbons (Fsp3) is 0.571. The van der Waals surface area contributed by atoms with E-state index in [1.54, 1.807) is 17.7 Å². The predicted molar refractivity (Wildman–Crippen MR) is 80.9 cm³/mol. The third kappa shape index (κ3) is 2.58. The van der Waals surface area contributed by atoms with Crippen LogP contribution in [0.15, 0.2) is 11.7 Å². The molecule has 0 atom stereocenters. The van der Waals surface area contributed by atoms with E-state index in [0.717, 1.165) is 17.9 Å². The van der Waals surface area contributed by atoms with Crippen LogP contribution in [0.25, 0.3) is 10.2 Å². The molecule has 1 saturated heterocycles. The summed E-state index contributed by atoms with van der Waals surface area (Å²) in [7, 11) is 0. The molecule has 0 aromatic carbocycles. The van der Waals surface area contributed by atoms with Crippen LogP contribution in [0.1, 0.15) is 25.3 Å². The van der Waals surface area contributed by atoms with Crippen molar-refractivity contribution in [2.24, 2.45) is 0 Å². The molecule has 1 aliphatic rings. The molecule has 0 amide bonds. The van der Waals surface area contributed by atoms with E-state index in [9.17, 15) is 0 Å². The molecule has 3 heterocycles. The van der Waals surface area contributed by atoms with Gasteiger partial charge in [0.2, 0.25) is 0 Å². The fourth-order valence-electron chi connectivity index (χ4n) is 2.66. The van der Waals surface area contributed by atoms with E-state index in [1.807, 2.05) is 0 Å². The Labute approximate surface area is 117 Å². The molecule has 19 heavy (non-hydrogen) atoms. The van der Waals surface area contributed by atoms with Crippen LogP contribution in [-0.2, 0) is 0 Å². The van der Waals surface area contributed by atoms with Gasteiger partial charge in [-0.2, -0.15) is 0 Å². The Balaban J connectivity index is 1.75. The van der Waals surface area contributed by atoms with Gasteiger partial charge in [0, 0.05) is 19.1 Å². The summed E-state index contributed by atoms with van der Waals surface area (Å²) in [5.74, 6) is 1.01. The van der Waals surface area contributed by atoms with E-state index in [-0.39, 0.29) is 0 Å². The SMILES string of the molecule is CCN1CCC(Nc2ncnc3c(C)csc23)CC1. The van der Waals surface area contributed by atoms with Crippen molar-refractivity contribution >= 4 is 27.4 Å². The molecule has 0 unspecified atom stereocenters. The average Bonchev–Trinajstić information content (AvgIpc) is 2.83. The van der Waals surface area contributed by atoms with Crippen molar-refractivity contribution in [1.82, 2.24) is 14.9 Å². The van der Waals surface area contributed by atoms with Crippen LogP contribution in [0.2, 0.25) is 0 Å². The minimum absolute atomic E-state index is 0.545. The van der Waals surface area contributed by atoms with E-state index in [2.05, 4.69) is 39.4 Å². The number of nitrogens with one attached hydrogen (secondary N) is 1. The van der Waals surface area contributed by atoms with Gasteiger partial charge in [-0.3, -0.25) is 0 Å². The van der Waals surface area contributed by atoms with Crippen molar-refractivity contribution in [3.63, 3.8) is 0 Å². The summed E-state index contributed by atoms with van der Waals surface area (Å²) in [6, 6.07) is 0.545. The molecule has 102 valence electrons. The lowest BCUT2D eigenvalue weighted by Gasteiger charge is -2.31. The number of piperidine rings is 1. The number of aryl methyl sites for hydroxylation is 1. The van der Waals surface area contributed by atoms with Crippen LogP contribution in [0.4, 0.5) is 5.82 Å². The Morgan fingerprint density at radius 2 is 2.16 bits per heavy atom. The molecule has 1 N–H and O–H groups in total. The number of fused-ring (bicyclic) bond motifs is 1. The normalized spacial score (nSPS) is 18.0. The molecule has 0 radical (unpaired) electrons. The molecule has 2 aromatic rings. The summed E-state index contributed by atoms with van der Waals surface area (Å²) in [5, 5.41) is 5.77. The maximum atomic E-state index is 4.43. The van der Waals surface area contributed by atoms with Gasteiger partial charge in [-0.1, -0.05) is 6.92 Å². The first-order valence-corrected chi connectivity index (χ1v) is 7.83. The lowest BCUT2D eigenvalue weighted by atomic mass is 10.1. The average molecular weight is 276 g/mol. The minimum atomic E-state index is 0.545. The smallest absolute Gasteiger partial charge is 0.147 e. The standard InChI is InChI=1S/C14H20N4S/c1-3-18-6-4-11(5-7-18)17-14-13-12(15-9-16-14)10(2)8-19-13/h8-9,11H,3-7H2,1-2H3,(H,15,16,17). The molecule has 0 aliphatic carbocycles. The number of nitrogens with zero attached hydrogens (tertiary/aromatic N) is 3. The summed E-state index contributed by atoms with van der Waals surface area (Å²) in [5.41, 5.74) is 2.33. The number of aromatic nitrogens is 2. The van der Waals surface area contributed by atoms with Crippen LogP contribution < -0.4 is 5.32 Å². The zero-order valence-corrected chi connectivity index (χ0v) is 12.3. The molecule has 0 spiro atoms. The fourth-order valence-corrected chi connectivity index (χ4v) is 3.61. The van der Waals surface area contributed by atoms with Crippen molar-refractivity contribution in [3.8, 4) is 0 Å². The number of rotatable bonds is 3. The summed E-state index contributed by atoms with van der Waals surface area (Å²) < 4.78 is 1.19. The van der Waals surface area contributed by atoms with Gasteiger partial charge < -0.3 is 10.2 Å². The van der Waals surface area contributed by atoms with Crippen molar-refractivity contribution in [2.75, 3.05) is 25.0 Å². The third-order valence-corrected chi connectivity index (χ3v) is 5.00. The highest BCUT2D eigenvalue weighted by Gasteiger charge is 2.19. The van der Waals surface area contributed by atoms with Gasteiger partial charge >= 0.3 is 0 Å². The lowest BCUT2D eigenvalue weighted by molar-refractivity contribution is 0.229. The Hall–Kier alpha value is -1.20. The predicted octanol–water partition coefficient (Wildman–Crippen LogP) is 2.90. The van der Waals surface area contributed by atoms with Gasteiger partial charge in [-0.25, -0.2) is 9.97 Å². The quantitative estimate of drug-likeness (QED) is 0.936. The zero-order valence-electron chi connectivity index (χ0n) is 11.5. The monoisotopic (exact) mass is 276 g/mol. The van der Waals surface area contributed by atoms with Gasteiger partial charge in [0.05, 0.1) is 10.2 Å². The van der Waals surface area contributed by atoms with Crippen LogP contribution in [0.3, 0.4) is 0 Å². The van der Waals surface area contributed by atoms with Crippen LogP contribution in [-0.4, -0.2) is 40.5 Å². The molecule has 1 fully saturated rings. The van der Waals surface area contributed by atoms with Gasteiger partial charge in [-0.15, -0.1) is 11.3 Å². The maximum absolute atomic E-state index is 4.43. The van der Waals surface area contributed by atoms with E-state index in [0.29, 0.717) is 6.04 Å². The number of likely N-dealkylation sites (tertiary alicyclic amines) is 1. The molecule has 3 rings (SSSR count). The third-order valence-electron chi connectivity index (χ3n) is 3.91. The highest BCUT2D eigenvalue weighted by atomic mass is 32.1. The molecule has 4 nitrogen and oxygen atoms in total. The first-order valence-electron chi connectivity index (χ1n) is 6.95. The Bertz CT molecular complexity index is 558. The van der Waals surface area contributed by atoms with Gasteiger partial charge in [0.15, 0.2) is 0 Å². The summed E-state index contributed by atoms with van der Waals surface area (Å²) in [4.78, 5) is 11.3. The van der Waals surface area contributed by atoms with Crippen molar-refractivity contribution in [3.05, 3.63) is 17.3 Å². The van der Waals surface area contributed by atoms with E-state index < -0.39 is 0 Å². The van der Waals surface area contributed by atoms with E-state index in [1.165, 1.54) is 36.2 Å². The molecular formula is C14H20N4S. The van der Waals surface area contributed by atoms with Crippen molar-refractivity contribution < 1.29 is 0 Å². The molecule has 1 aliphatic heterocycles. The first-order chi connectivity index (χ1) is 9.28. The van der Waals surface area contributed by atoms with Gasteiger partial charge in [0.1, 0.15) is 12.1 Å². The zero-order chi connectivity index (χ0) is 13.2. The Morgan fingerprint density at radius 1 is 1.37 bits per heavy atom. The lowest BCUT2D eigenvalue weighted by Crippen LogP contribution is -2.39. The summed E-state index contributed by atoms with van der Waals surface area (Å²) in [6.45, 7) is 7.87. The number of anilines is 1. The summed E-state index contributed by atoms with van der Waals surface area (Å²) >= 11 is 1.74. The first kappa shape index (κ1) is 12.8. The molecular weight excluding hydrogens is 256 g/mol. The highest BCUT2D eigenvalue weighted by Crippen LogP contribution is 2.29. The molecule has 5 heteroatoms. The minimum Gasteiger partial charge on any atom is -0.366 e. The van der Waals surface area contributed by atoms with E-state index in [4.69, 9.17) is 0 Å². The van der Waals surface area contributed by atoms with E-state index >= 15 is 0 Å². The Kier molecular flexibility index (Phi) is 3.66. The van der Waals surface area contributed by atoms with Crippen molar-refractivity contribution in [1.29, 1.82) is 0 Å². The van der Waals surface area contributed by atoms with Crippen molar-refractivity contribution in [2.45, 2.75) is 32.7 Å². The second-order valence-corrected chi connectivity index (χ2v) is 6.05. The van der Waals surface area contributed by atoms with Crippen LogP contribution in [0.5, 0.6) is 0 Å². The highest BCUT2D eigenvalue weighted by molar-refractivity contribution is 7.18. The number of hydrogen-bond donors (Lipinski definition) is 1. The largest absolute Gasteiger partial charge is 0.366 e. The number of thiophene rings is 1. The second-order valence-electron chi connectivity index (χ2n) is 5.17.